The van der Waals surface area contributed by atoms with Crippen molar-refractivity contribution in [1.82, 2.24) is 9.97 Å². The van der Waals surface area contributed by atoms with Crippen molar-refractivity contribution in [1.29, 1.82) is 0 Å². The normalized spacial score (nSPS) is 12.4. The number of hydrogen-bond donors (Lipinski definition) is 0. The van der Waals surface area contributed by atoms with Crippen molar-refractivity contribution in [2.45, 2.75) is 32.6 Å². The monoisotopic (exact) mass is 393 g/mol. The molecule has 3 aromatic heterocycles. The highest BCUT2D eigenvalue weighted by atomic mass is 16.3. The fraction of sp³-hybridized carbons (Fsp3) is 0.185. The van der Waals surface area contributed by atoms with Crippen molar-refractivity contribution >= 4 is 22.1 Å². The van der Waals surface area contributed by atoms with Crippen LogP contribution in [0.3, 0.4) is 0 Å². The summed E-state index contributed by atoms with van der Waals surface area (Å²) in [6.07, 6.45) is 3.31. The lowest BCUT2D eigenvalue weighted by molar-refractivity contribution is 0.641. The Morgan fingerprint density at radius 1 is 0.867 bits per heavy atom. The van der Waals surface area contributed by atoms with E-state index in [1.807, 2.05) is 60.7 Å². The highest BCUT2D eigenvalue weighted by Crippen LogP contribution is 2.36. The minimum atomic E-state index is -0.606. The molecule has 0 aliphatic rings. The molecule has 0 radical (unpaired) electrons. The average Bonchev–Trinajstić information content (AvgIpc) is 3.22. The summed E-state index contributed by atoms with van der Waals surface area (Å²) < 4.78 is 15.1. The number of fused-ring (bicyclic) bond motifs is 3. The quantitative estimate of drug-likeness (QED) is 0.308. The predicted molar refractivity (Wildman–Crippen MR) is 124 cm³/mol. The molecule has 5 rings (SSSR count). The third-order valence-electron chi connectivity index (χ3n) is 5.73. The van der Waals surface area contributed by atoms with Crippen LogP contribution >= 0.6 is 0 Å². The molecule has 3 heteroatoms. The van der Waals surface area contributed by atoms with Gasteiger partial charge in [-0.3, -0.25) is 4.98 Å². The number of rotatable bonds is 5. The van der Waals surface area contributed by atoms with Gasteiger partial charge in [-0.2, -0.15) is 0 Å². The van der Waals surface area contributed by atoms with Crippen LogP contribution in [0, 0.1) is 0 Å². The molecule has 5 aromatic rings. The summed E-state index contributed by atoms with van der Waals surface area (Å²) in [7, 11) is 0. The molecule has 0 spiro atoms. The second-order valence-corrected chi connectivity index (χ2v) is 7.44. The molecule has 0 aliphatic heterocycles. The number of furan rings is 1. The SMILES string of the molecule is [2H]C(CC)(CC)c1ccnc(-c2cccc3c2oc2nc(-c4ccccc4)ccc23)c1. The molecule has 2 aromatic carbocycles. The van der Waals surface area contributed by atoms with Crippen LogP contribution < -0.4 is 0 Å². The van der Waals surface area contributed by atoms with E-state index < -0.39 is 5.89 Å². The van der Waals surface area contributed by atoms with Crippen molar-refractivity contribution in [3.05, 3.63) is 84.6 Å². The van der Waals surface area contributed by atoms with Crippen LogP contribution in [-0.2, 0) is 0 Å². The zero-order valence-corrected chi connectivity index (χ0v) is 17.2. The third kappa shape index (κ3) is 3.17. The number of aromatic nitrogens is 2. The van der Waals surface area contributed by atoms with Gasteiger partial charge in [-0.25, -0.2) is 4.98 Å². The van der Waals surface area contributed by atoms with Gasteiger partial charge in [0, 0.05) is 29.5 Å². The minimum Gasteiger partial charge on any atom is -0.437 e. The van der Waals surface area contributed by atoms with Gasteiger partial charge >= 0.3 is 0 Å². The number of hydrogen-bond acceptors (Lipinski definition) is 3. The zero-order valence-electron chi connectivity index (χ0n) is 18.2. The predicted octanol–water partition coefficient (Wildman–Crippen LogP) is 7.61. The molecule has 0 aliphatic carbocycles. The van der Waals surface area contributed by atoms with E-state index in [9.17, 15) is 0 Å². The molecular weight excluding hydrogens is 368 g/mol. The van der Waals surface area contributed by atoms with E-state index in [1.165, 1.54) is 0 Å². The Bertz CT molecular complexity index is 1370. The van der Waals surface area contributed by atoms with Crippen molar-refractivity contribution in [2.24, 2.45) is 0 Å². The summed E-state index contributed by atoms with van der Waals surface area (Å²) in [6, 6.07) is 24.3. The van der Waals surface area contributed by atoms with Crippen LogP contribution in [0.1, 0.15) is 39.5 Å². The largest absolute Gasteiger partial charge is 0.437 e. The standard InChI is InChI=1S/C27H24N2O/c1-3-18(4-2)20-15-16-28-25(17-20)23-12-8-11-21-22-13-14-24(19-9-6-5-7-10-19)29-27(22)30-26(21)23/h5-18H,3-4H2,1-2H3/i18D. The first-order chi connectivity index (χ1) is 15.1. The Balaban J connectivity index is 1.67. The molecule has 3 nitrogen and oxygen atoms in total. The summed E-state index contributed by atoms with van der Waals surface area (Å²) in [6.45, 7) is 4.12. The van der Waals surface area contributed by atoms with Crippen LogP contribution in [0.25, 0.3) is 44.6 Å². The molecule has 0 N–H and O–H groups in total. The van der Waals surface area contributed by atoms with Gasteiger partial charge < -0.3 is 4.42 Å². The fourth-order valence-electron chi connectivity index (χ4n) is 4.11. The van der Waals surface area contributed by atoms with Gasteiger partial charge in [0.25, 0.3) is 0 Å². The van der Waals surface area contributed by atoms with Crippen molar-refractivity contribution in [3.63, 3.8) is 0 Å². The molecule has 0 atom stereocenters. The van der Waals surface area contributed by atoms with Crippen LogP contribution in [-0.4, -0.2) is 9.97 Å². The molecular formula is C27H24N2O. The summed E-state index contributed by atoms with van der Waals surface area (Å²) in [5.74, 6) is -0.606. The molecule has 0 amide bonds. The lowest BCUT2D eigenvalue weighted by atomic mass is 9.93. The van der Waals surface area contributed by atoms with E-state index in [0.29, 0.717) is 5.71 Å². The molecule has 0 saturated carbocycles. The number of nitrogens with zero attached hydrogens (tertiary/aromatic N) is 2. The Labute approximate surface area is 177 Å². The topological polar surface area (TPSA) is 38.9 Å². The van der Waals surface area contributed by atoms with Crippen molar-refractivity contribution in [2.75, 3.05) is 0 Å². The van der Waals surface area contributed by atoms with Gasteiger partial charge in [-0.05, 0) is 54.6 Å². The van der Waals surface area contributed by atoms with Crippen molar-refractivity contribution < 1.29 is 5.79 Å². The molecule has 0 unspecified atom stereocenters. The Hall–Kier alpha value is -3.46. The first-order valence-electron chi connectivity index (χ1n) is 11.0. The van der Waals surface area contributed by atoms with E-state index in [1.54, 1.807) is 6.20 Å². The zero-order chi connectivity index (χ0) is 21.4. The first kappa shape index (κ1) is 17.4. The Morgan fingerprint density at radius 2 is 1.70 bits per heavy atom. The summed E-state index contributed by atoms with van der Waals surface area (Å²) >= 11 is 0. The molecule has 148 valence electrons. The van der Waals surface area contributed by atoms with Gasteiger partial charge in [0.2, 0.25) is 5.71 Å². The third-order valence-corrected chi connectivity index (χ3v) is 5.73. The van der Waals surface area contributed by atoms with Gasteiger partial charge in [-0.1, -0.05) is 56.3 Å². The Morgan fingerprint density at radius 3 is 2.50 bits per heavy atom. The second kappa shape index (κ2) is 7.75. The smallest absolute Gasteiger partial charge is 0.227 e. The molecule has 0 bridgehead atoms. The lowest BCUT2D eigenvalue weighted by Gasteiger charge is -2.13. The van der Waals surface area contributed by atoms with Crippen LogP contribution in [0.2, 0.25) is 0 Å². The van der Waals surface area contributed by atoms with Gasteiger partial charge in [0.15, 0.2) is 0 Å². The van der Waals surface area contributed by atoms with Crippen LogP contribution in [0.15, 0.2) is 83.4 Å². The highest BCUT2D eigenvalue weighted by molar-refractivity contribution is 6.08. The molecule has 30 heavy (non-hydrogen) atoms. The number of para-hydroxylation sites is 1. The van der Waals surface area contributed by atoms with Gasteiger partial charge in [0.1, 0.15) is 5.58 Å². The molecule has 0 saturated heterocycles. The summed E-state index contributed by atoms with van der Waals surface area (Å²) in [5, 5.41) is 2.01. The minimum absolute atomic E-state index is 0.606. The maximum absolute atomic E-state index is 8.81. The van der Waals surface area contributed by atoms with Crippen LogP contribution in [0.4, 0.5) is 0 Å². The lowest BCUT2D eigenvalue weighted by Crippen LogP contribution is -1.96. The molecule has 3 heterocycles. The van der Waals surface area contributed by atoms with E-state index >= 15 is 0 Å². The fourth-order valence-corrected chi connectivity index (χ4v) is 4.11. The second-order valence-electron chi connectivity index (χ2n) is 7.44. The van der Waals surface area contributed by atoms with Gasteiger partial charge in [0.05, 0.1) is 11.4 Å². The van der Waals surface area contributed by atoms with E-state index in [2.05, 4.69) is 31.0 Å². The van der Waals surface area contributed by atoms with E-state index in [0.717, 1.165) is 57.3 Å². The Kier molecular flexibility index (Phi) is 4.50. The number of pyridine rings is 2. The maximum atomic E-state index is 8.81. The summed E-state index contributed by atoms with van der Waals surface area (Å²) in [4.78, 5) is 9.40. The highest BCUT2D eigenvalue weighted by Gasteiger charge is 2.16. The first-order valence-corrected chi connectivity index (χ1v) is 10.5. The van der Waals surface area contributed by atoms with Crippen molar-refractivity contribution in [3.8, 4) is 22.5 Å². The van der Waals surface area contributed by atoms with E-state index in [4.69, 9.17) is 10.8 Å². The van der Waals surface area contributed by atoms with Gasteiger partial charge in [-0.15, -0.1) is 0 Å². The maximum Gasteiger partial charge on any atom is 0.227 e. The molecule has 0 fully saturated rings. The average molecular weight is 394 g/mol. The number of benzene rings is 2. The van der Waals surface area contributed by atoms with Crippen LogP contribution in [0.5, 0.6) is 0 Å². The van der Waals surface area contributed by atoms with E-state index in [-0.39, 0.29) is 0 Å². The summed E-state index contributed by atoms with van der Waals surface area (Å²) in [5.41, 5.74) is 6.08.